The van der Waals surface area contributed by atoms with E-state index in [1.54, 1.807) is 18.2 Å². The first kappa shape index (κ1) is 20.2. The topological polar surface area (TPSA) is 117 Å². The number of phenols is 1. The molecule has 1 unspecified atom stereocenters. The van der Waals surface area contributed by atoms with Gasteiger partial charge in [-0.25, -0.2) is 0 Å². The third-order valence-corrected chi connectivity index (χ3v) is 4.72. The number of carbonyl (C=O) groups is 2. The lowest BCUT2D eigenvalue weighted by Gasteiger charge is -2.24. The van der Waals surface area contributed by atoms with Crippen LogP contribution in [-0.2, 0) is 9.59 Å². The maximum Gasteiger partial charge on any atom is 0.295 e. The highest BCUT2D eigenvalue weighted by atomic mass is 16.5. The van der Waals surface area contributed by atoms with Gasteiger partial charge in [0.15, 0.2) is 11.5 Å². The van der Waals surface area contributed by atoms with Gasteiger partial charge in [0.25, 0.3) is 11.7 Å². The zero-order chi connectivity index (χ0) is 21.1. The fourth-order valence-corrected chi connectivity index (χ4v) is 3.40. The van der Waals surface area contributed by atoms with Crippen molar-refractivity contribution in [2.24, 2.45) is 0 Å². The molecule has 0 saturated carbocycles. The summed E-state index contributed by atoms with van der Waals surface area (Å²) >= 11 is 0. The second-order valence-electron chi connectivity index (χ2n) is 6.38. The number of ketones is 1. The number of hydrogen-bond donors (Lipinski definition) is 3. The molecule has 1 saturated heterocycles. The number of amides is 1. The van der Waals surface area contributed by atoms with Crippen molar-refractivity contribution in [1.29, 1.82) is 0 Å². The van der Waals surface area contributed by atoms with Crippen LogP contribution in [0.1, 0.15) is 17.2 Å². The molecular weight excluding hydrogens is 378 g/mol. The molecule has 0 aromatic heterocycles. The molecule has 1 atom stereocenters. The van der Waals surface area contributed by atoms with Crippen LogP contribution in [0.5, 0.6) is 17.2 Å². The number of Topliss-reactive ketones (excluding diaryl/α,β-unsaturated/α-hetero) is 1. The Morgan fingerprint density at radius 3 is 2.41 bits per heavy atom. The summed E-state index contributed by atoms with van der Waals surface area (Å²) in [5, 5.41) is 30.1. The maximum atomic E-state index is 12.7. The Hall–Kier alpha value is -3.52. The number of likely N-dealkylation sites (tertiary alicyclic amines) is 1. The average molecular weight is 399 g/mol. The van der Waals surface area contributed by atoms with Crippen molar-refractivity contribution in [3.8, 4) is 17.2 Å². The molecule has 2 aromatic carbocycles. The van der Waals surface area contributed by atoms with Crippen LogP contribution >= 0.6 is 0 Å². The molecule has 152 valence electrons. The van der Waals surface area contributed by atoms with Crippen molar-refractivity contribution in [2.45, 2.75) is 6.04 Å². The highest BCUT2D eigenvalue weighted by molar-refractivity contribution is 6.46. The molecule has 1 heterocycles. The molecule has 29 heavy (non-hydrogen) atoms. The van der Waals surface area contributed by atoms with Crippen molar-refractivity contribution >= 4 is 17.4 Å². The summed E-state index contributed by atoms with van der Waals surface area (Å²) < 4.78 is 10.4. The lowest BCUT2D eigenvalue weighted by molar-refractivity contribution is -0.140. The number of nitrogens with zero attached hydrogens (tertiary/aromatic N) is 1. The van der Waals surface area contributed by atoms with Crippen LogP contribution in [0.25, 0.3) is 5.76 Å². The van der Waals surface area contributed by atoms with Crippen molar-refractivity contribution < 1.29 is 34.4 Å². The number of aromatic hydroxyl groups is 1. The summed E-state index contributed by atoms with van der Waals surface area (Å²) in [6.07, 6.45) is 0. The van der Waals surface area contributed by atoms with Gasteiger partial charge >= 0.3 is 0 Å². The van der Waals surface area contributed by atoms with E-state index in [1.165, 1.54) is 43.4 Å². The van der Waals surface area contributed by atoms with E-state index in [2.05, 4.69) is 0 Å². The SMILES string of the molecule is COc1ccc(/C(O)=C2\C(=O)C(=O)N(CCO)C2c2cccc(O)c2)cc1OC. The van der Waals surface area contributed by atoms with Gasteiger partial charge in [0.2, 0.25) is 0 Å². The van der Waals surface area contributed by atoms with Gasteiger partial charge in [0.1, 0.15) is 11.5 Å². The second kappa shape index (κ2) is 8.24. The Kier molecular flexibility index (Phi) is 5.74. The Morgan fingerprint density at radius 1 is 1.07 bits per heavy atom. The summed E-state index contributed by atoms with van der Waals surface area (Å²) in [7, 11) is 2.91. The lowest BCUT2D eigenvalue weighted by Crippen LogP contribution is -2.32. The first-order chi connectivity index (χ1) is 13.9. The largest absolute Gasteiger partial charge is 0.508 e. The molecule has 1 amide bonds. The summed E-state index contributed by atoms with van der Waals surface area (Å²) in [4.78, 5) is 26.5. The van der Waals surface area contributed by atoms with E-state index in [0.717, 1.165) is 0 Å². The second-order valence-corrected chi connectivity index (χ2v) is 6.38. The molecule has 3 N–H and O–H groups in total. The minimum atomic E-state index is -0.956. The Bertz CT molecular complexity index is 983. The molecule has 0 radical (unpaired) electrons. The van der Waals surface area contributed by atoms with Crippen LogP contribution in [0.4, 0.5) is 0 Å². The van der Waals surface area contributed by atoms with Gasteiger partial charge in [0, 0.05) is 12.1 Å². The summed E-state index contributed by atoms with van der Waals surface area (Å²) in [6, 6.07) is 9.70. The molecule has 1 fully saturated rings. The number of methoxy groups -OCH3 is 2. The molecule has 8 heteroatoms. The predicted octanol–water partition coefficient (Wildman–Crippen LogP) is 1.82. The van der Waals surface area contributed by atoms with Gasteiger partial charge in [-0.1, -0.05) is 12.1 Å². The number of phenolic OH excluding ortho intramolecular Hbond substituents is 1. The number of rotatable bonds is 6. The lowest BCUT2D eigenvalue weighted by atomic mass is 9.95. The van der Waals surface area contributed by atoms with Gasteiger partial charge in [0.05, 0.1) is 32.4 Å². The number of benzene rings is 2. The van der Waals surface area contributed by atoms with E-state index >= 15 is 0 Å². The Balaban J connectivity index is 2.20. The molecule has 1 aliphatic heterocycles. The van der Waals surface area contributed by atoms with Gasteiger partial charge in [-0.3, -0.25) is 9.59 Å². The van der Waals surface area contributed by atoms with E-state index in [-0.39, 0.29) is 30.0 Å². The first-order valence-electron chi connectivity index (χ1n) is 8.83. The standard InChI is InChI=1S/C21H21NO7/c1-28-15-7-6-13(11-16(15)29-2)19(25)17-18(12-4-3-5-14(24)10-12)22(8-9-23)21(27)20(17)26/h3-7,10-11,18,23-25H,8-9H2,1-2H3/b19-17+. The molecule has 1 aliphatic rings. The quantitative estimate of drug-likeness (QED) is 0.385. The normalized spacial score (nSPS) is 18.2. The summed E-state index contributed by atoms with van der Waals surface area (Å²) in [5.74, 6) is -1.38. The molecule has 2 aromatic rings. The van der Waals surface area contributed by atoms with Crippen LogP contribution in [-0.4, -0.2) is 59.3 Å². The van der Waals surface area contributed by atoms with Crippen molar-refractivity contribution in [3.05, 3.63) is 59.2 Å². The number of ether oxygens (including phenoxy) is 2. The molecular formula is C21H21NO7. The van der Waals surface area contributed by atoms with E-state index in [1.807, 2.05) is 0 Å². The summed E-state index contributed by atoms with van der Waals surface area (Å²) in [6.45, 7) is -0.466. The van der Waals surface area contributed by atoms with Gasteiger partial charge in [-0.15, -0.1) is 0 Å². The smallest absolute Gasteiger partial charge is 0.295 e. The van der Waals surface area contributed by atoms with Gasteiger partial charge in [-0.2, -0.15) is 0 Å². The number of β-amino-alcohol motifs (C(OH)–C–C–N with tert-alkyl or cyclic N) is 1. The summed E-state index contributed by atoms with van der Waals surface area (Å²) in [5.41, 5.74) is 0.552. The van der Waals surface area contributed by atoms with Gasteiger partial charge in [-0.05, 0) is 35.9 Å². The maximum absolute atomic E-state index is 12.7. The molecule has 3 rings (SSSR count). The molecule has 0 aliphatic carbocycles. The van der Waals surface area contributed by atoms with E-state index in [0.29, 0.717) is 17.1 Å². The van der Waals surface area contributed by atoms with Crippen LogP contribution in [0.2, 0.25) is 0 Å². The number of aliphatic hydroxyl groups excluding tert-OH is 2. The van der Waals surface area contributed by atoms with Crippen LogP contribution < -0.4 is 9.47 Å². The van der Waals surface area contributed by atoms with E-state index in [4.69, 9.17) is 9.47 Å². The van der Waals surface area contributed by atoms with Gasteiger partial charge < -0.3 is 29.7 Å². The van der Waals surface area contributed by atoms with Crippen LogP contribution in [0.3, 0.4) is 0 Å². The molecule has 0 bridgehead atoms. The zero-order valence-electron chi connectivity index (χ0n) is 16.0. The van der Waals surface area contributed by atoms with Crippen molar-refractivity contribution in [2.75, 3.05) is 27.4 Å². The average Bonchev–Trinajstić information content (AvgIpc) is 2.98. The highest BCUT2D eigenvalue weighted by Crippen LogP contribution is 2.41. The Labute approximate surface area is 167 Å². The zero-order valence-corrected chi connectivity index (χ0v) is 16.0. The van der Waals surface area contributed by atoms with Crippen molar-refractivity contribution in [1.82, 2.24) is 4.90 Å². The number of hydrogen-bond acceptors (Lipinski definition) is 7. The van der Waals surface area contributed by atoms with Crippen LogP contribution in [0, 0.1) is 0 Å². The number of aliphatic hydroxyl groups is 2. The Morgan fingerprint density at radius 2 is 1.79 bits per heavy atom. The van der Waals surface area contributed by atoms with Crippen LogP contribution in [0.15, 0.2) is 48.0 Å². The van der Waals surface area contributed by atoms with E-state index in [9.17, 15) is 24.9 Å². The first-order valence-corrected chi connectivity index (χ1v) is 8.83. The minimum Gasteiger partial charge on any atom is -0.508 e. The molecule has 8 nitrogen and oxygen atoms in total. The fourth-order valence-electron chi connectivity index (χ4n) is 3.40. The van der Waals surface area contributed by atoms with E-state index < -0.39 is 23.5 Å². The minimum absolute atomic E-state index is 0.0526. The highest BCUT2D eigenvalue weighted by Gasteiger charge is 2.45. The predicted molar refractivity (Wildman–Crippen MR) is 104 cm³/mol. The number of carbonyl (C=O) groups excluding carboxylic acids is 2. The fraction of sp³-hybridized carbons (Fsp3) is 0.238. The van der Waals surface area contributed by atoms with Crippen molar-refractivity contribution in [3.63, 3.8) is 0 Å². The molecule has 0 spiro atoms. The monoisotopic (exact) mass is 399 g/mol. The third-order valence-electron chi connectivity index (χ3n) is 4.72. The third kappa shape index (κ3) is 3.62.